The van der Waals surface area contributed by atoms with E-state index in [0.29, 0.717) is 19.1 Å². The monoisotopic (exact) mass is 245 g/mol. The van der Waals surface area contributed by atoms with E-state index in [1.807, 2.05) is 30.3 Å². The molecule has 1 fully saturated rings. The van der Waals surface area contributed by atoms with Gasteiger partial charge in [-0.15, -0.1) is 6.58 Å². The fourth-order valence-corrected chi connectivity index (χ4v) is 1.80. The van der Waals surface area contributed by atoms with Crippen LogP contribution in [0.4, 0.5) is 4.79 Å². The number of hydrogen-bond acceptors (Lipinski definition) is 2. The maximum Gasteiger partial charge on any atom is 0.410 e. The predicted molar refractivity (Wildman–Crippen MR) is 71.1 cm³/mol. The summed E-state index contributed by atoms with van der Waals surface area (Å²) in [4.78, 5) is 13.7. The van der Waals surface area contributed by atoms with Crippen LogP contribution >= 0.6 is 0 Å². The second kappa shape index (κ2) is 6.24. The van der Waals surface area contributed by atoms with Crippen LogP contribution in [-0.2, 0) is 11.3 Å². The largest absolute Gasteiger partial charge is 0.445 e. The molecule has 1 aromatic rings. The number of hydrogen-bond donors (Lipinski definition) is 0. The van der Waals surface area contributed by atoms with E-state index >= 15 is 0 Å². The van der Waals surface area contributed by atoms with Gasteiger partial charge in [-0.1, -0.05) is 36.4 Å². The number of rotatable bonds is 6. The fourth-order valence-electron chi connectivity index (χ4n) is 1.80. The molecule has 0 unspecified atom stereocenters. The molecule has 3 heteroatoms. The number of benzene rings is 1. The van der Waals surface area contributed by atoms with E-state index in [9.17, 15) is 4.79 Å². The number of ether oxygens (including phenoxy) is 1. The van der Waals surface area contributed by atoms with Crippen LogP contribution in [0.5, 0.6) is 0 Å². The molecule has 96 valence electrons. The second-order valence-corrected chi connectivity index (χ2v) is 4.68. The zero-order chi connectivity index (χ0) is 12.8. The first-order chi connectivity index (χ1) is 8.79. The molecule has 1 aliphatic rings. The summed E-state index contributed by atoms with van der Waals surface area (Å²) < 4.78 is 5.31. The lowest BCUT2D eigenvalue weighted by Gasteiger charge is -2.20. The second-order valence-electron chi connectivity index (χ2n) is 4.68. The van der Waals surface area contributed by atoms with Gasteiger partial charge in [0.15, 0.2) is 0 Å². The van der Waals surface area contributed by atoms with Crippen molar-refractivity contribution in [3.05, 3.63) is 48.6 Å². The Morgan fingerprint density at radius 2 is 2.11 bits per heavy atom. The molecule has 0 N–H and O–H groups in total. The smallest absolute Gasteiger partial charge is 0.410 e. The van der Waals surface area contributed by atoms with Crippen LogP contribution in [0.2, 0.25) is 0 Å². The van der Waals surface area contributed by atoms with Gasteiger partial charge in [-0.25, -0.2) is 4.79 Å². The van der Waals surface area contributed by atoms with Gasteiger partial charge in [0.2, 0.25) is 0 Å². The van der Waals surface area contributed by atoms with E-state index in [-0.39, 0.29) is 6.09 Å². The average Bonchev–Trinajstić information content (AvgIpc) is 3.21. The molecular formula is C15H19NO2. The zero-order valence-electron chi connectivity index (χ0n) is 10.5. The van der Waals surface area contributed by atoms with Crippen LogP contribution in [0.1, 0.15) is 18.4 Å². The zero-order valence-corrected chi connectivity index (χ0v) is 10.5. The number of carbonyl (C=O) groups is 1. The van der Waals surface area contributed by atoms with E-state index in [1.165, 1.54) is 12.8 Å². The van der Waals surface area contributed by atoms with Crippen LogP contribution in [0.25, 0.3) is 0 Å². The number of amides is 1. The summed E-state index contributed by atoms with van der Waals surface area (Å²) in [5.74, 6) is 0.661. The molecule has 0 radical (unpaired) electrons. The van der Waals surface area contributed by atoms with Gasteiger partial charge >= 0.3 is 6.09 Å². The lowest BCUT2D eigenvalue weighted by molar-refractivity contribution is 0.0985. The highest BCUT2D eigenvalue weighted by molar-refractivity contribution is 5.67. The maximum atomic E-state index is 11.9. The highest BCUT2D eigenvalue weighted by atomic mass is 16.6. The summed E-state index contributed by atoms with van der Waals surface area (Å²) in [6.45, 7) is 5.36. The third kappa shape index (κ3) is 3.91. The third-order valence-corrected chi connectivity index (χ3v) is 2.99. The van der Waals surface area contributed by atoms with Gasteiger partial charge in [-0.2, -0.15) is 0 Å². The third-order valence-electron chi connectivity index (χ3n) is 2.99. The van der Waals surface area contributed by atoms with Crippen LogP contribution < -0.4 is 0 Å². The minimum absolute atomic E-state index is 0.245. The molecule has 18 heavy (non-hydrogen) atoms. The van der Waals surface area contributed by atoms with Crippen molar-refractivity contribution in [1.29, 1.82) is 0 Å². The van der Waals surface area contributed by atoms with Crippen LogP contribution in [0.3, 0.4) is 0 Å². The minimum atomic E-state index is -0.245. The van der Waals surface area contributed by atoms with Gasteiger partial charge in [0.1, 0.15) is 6.61 Å². The first-order valence-electron chi connectivity index (χ1n) is 6.36. The lowest BCUT2D eigenvalue weighted by atomic mass is 10.2. The normalized spacial score (nSPS) is 14.0. The van der Waals surface area contributed by atoms with Gasteiger partial charge < -0.3 is 9.64 Å². The van der Waals surface area contributed by atoms with Crippen molar-refractivity contribution >= 4 is 6.09 Å². The molecular weight excluding hydrogens is 226 g/mol. The van der Waals surface area contributed by atoms with Crippen molar-refractivity contribution in [2.45, 2.75) is 19.4 Å². The van der Waals surface area contributed by atoms with E-state index in [1.54, 1.807) is 11.0 Å². The van der Waals surface area contributed by atoms with Crippen molar-refractivity contribution in [3.8, 4) is 0 Å². The minimum Gasteiger partial charge on any atom is -0.445 e. The summed E-state index contributed by atoms with van der Waals surface area (Å²) in [6, 6.07) is 9.73. The highest BCUT2D eigenvalue weighted by Crippen LogP contribution is 2.29. The van der Waals surface area contributed by atoms with E-state index in [0.717, 1.165) is 12.1 Å². The van der Waals surface area contributed by atoms with Crippen molar-refractivity contribution in [2.24, 2.45) is 5.92 Å². The molecule has 1 aromatic carbocycles. The Bertz CT molecular complexity index is 398. The van der Waals surface area contributed by atoms with Gasteiger partial charge in [-0.3, -0.25) is 0 Å². The first kappa shape index (κ1) is 12.7. The quantitative estimate of drug-likeness (QED) is 0.720. The molecule has 1 amide bonds. The van der Waals surface area contributed by atoms with E-state index in [4.69, 9.17) is 4.74 Å². The van der Waals surface area contributed by atoms with Crippen molar-refractivity contribution in [1.82, 2.24) is 4.90 Å². The molecule has 3 nitrogen and oxygen atoms in total. The van der Waals surface area contributed by atoms with Crippen molar-refractivity contribution < 1.29 is 9.53 Å². The molecule has 0 saturated heterocycles. The van der Waals surface area contributed by atoms with E-state index < -0.39 is 0 Å². The maximum absolute atomic E-state index is 11.9. The molecule has 0 aliphatic heterocycles. The molecule has 0 spiro atoms. The molecule has 1 aliphatic carbocycles. The SMILES string of the molecule is C=CCN(CC1CC1)C(=O)OCc1ccccc1. The number of nitrogens with zero attached hydrogens (tertiary/aromatic N) is 1. The Labute approximate surface area is 108 Å². The molecule has 0 aromatic heterocycles. The summed E-state index contributed by atoms with van der Waals surface area (Å²) in [7, 11) is 0. The van der Waals surface area contributed by atoms with Crippen LogP contribution in [0.15, 0.2) is 43.0 Å². The standard InChI is InChI=1S/C15H19NO2/c1-2-10-16(11-13-8-9-13)15(17)18-12-14-6-4-3-5-7-14/h2-7,13H,1,8-12H2. The predicted octanol–water partition coefficient (Wildman–Crippen LogP) is 3.22. The molecule has 1 saturated carbocycles. The summed E-state index contributed by atoms with van der Waals surface area (Å²) in [5, 5.41) is 0. The Balaban J connectivity index is 1.82. The van der Waals surface area contributed by atoms with Gasteiger partial charge in [0.25, 0.3) is 0 Å². The fraction of sp³-hybridized carbons (Fsp3) is 0.400. The number of carbonyl (C=O) groups excluding carboxylic acids is 1. The van der Waals surface area contributed by atoms with Gasteiger partial charge in [0, 0.05) is 13.1 Å². The average molecular weight is 245 g/mol. The highest BCUT2D eigenvalue weighted by Gasteiger charge is 2.26. The topological polar surface area (TPSA) is 29.5 Å². The van der Waals surface area contributed by atoms with Crippen LogP contribution in [-0.4, -0.2) is 24.1 Å². The summed E-state index contributed by atoms with van der Waals surface area (Å²) >= 11 is 0. The summed E-state index contributed by atoms with van der Waals surface area (Å²) in [6.07, 6.45) is 3.94. The first-order valence-corrected chi connectivity index (χ1v) is 6.36. The Morgan fingerprint density at radius 3 is 2.72 bits per heavy atom. The molecule has 2 rings (SSSR count). The van der Waals surface area contributed by atoms with Gasteiger partial charge in [0.05, 0.1) is 0 Å². The summed E-state index contributed by atoms with van der Waals surface area (Å²) in [5.41, 5.74) is 1.01. The Hall–Kier alpha value is -1.77. The van der Waals surface area contributed by atoms with Crippen LogP contribution in [0, 0.1) is 5.92 Å². The lowest BCUT2D eigenvalue weighted by Crippen LogP contribution is -2.33. The van der Waals surface area contributed by atoms with Gasteiger partial charge in [-0.05, 0) is 24.3 Å². The Kier molecular flexibility index (Phi) is 4.40. The van der Waals surface area contributed by atoms with Crippen molar-refractivity contribution in [3.63, 3.8) is 0 Å². The molecule has 0 bridgehead atoms. The molecule has 0 heterocycles. The Morgan fingerprint density at radius 1 is 1.39 bits per heavy atom. The van der Waals surface area contributed by atoms with E-state index in [2.05, 4.69) is 6.58 Å². The van der Waals surface area contributed by atoms with Crippen molar-refractivity contribution in [2.75, 3.05) is 13.1 Å². The molecule has 0 atom stereocenters.